The highest BCUT2D eigenvalue weighted by molar-refractivity contribution is 7.90. The van der Waals surface area contributed by atoms with E-state index in [0.29, 0.717) is 23.2 Å². The lowest BCUT2D eigenvalue weighted by molar-refractivity contribution is -0.135. The summed E-state index contributed by atoms with van der Waals surface area (Å²) in [6, 6.07) is 5.68. The number of sulfone groups is 1. The molecule has 3 N–H and O–H groups in total. The lowest BCUT2D eigenvalue weighted by Gasteiger charge is -2.06. The summed E-state index contributed by atoms with van der Waals surface area (Å²) in [4.78, 5) is 18.3. The second-order valence-electron chi connectivity index (χ2n) is 5.42. The summed E-state index contributed by atoms with van der Waals surface area (Å²) >= 11 is 0.668. The first-order valence-corrected chi connectivity index (χ1v) is 9.99. The van der Waals surface area contributed by atoms with Crippen LogP contribution in [-0.2, 0) is 14.6 Å². The molecule has 0 fully saturated rings. The summed E-state index contributed by atoms with van der Waals surface area (Å²) in [5, 5.41) is 8.62. The molecular formula is C15H13F3N4O4S2. The predicted octanol–water partition coefficient (Wildman–Crippen LogP) is 1.89. The number of nitrogens with zero attached hydrogens (tertiary/aromatic N) is 3. The number of halogens is 3. The number of rotatable bonds is 6. The van der Waals surface area contributed by atoms with E-state index in [9.17, 15) is 26.4 Å². The molecular weight excluding hydrogens is 421 g/mol. The minimum Gasteiger partial charge on any atom is -0.480 e. The van der Waals surface area contributed by atoms with Crippen molar-refractivity contribution in [2.75, 3.05) is 12.8 Å². The molecule has 0 amide bonds. The molecule has 0 unspecified atom stereocenters. The van der Waals surface area contributed by atoms with Crippen LogP contribution in [0.3, 0.4) is 0 Å². The summed E-state index contributed by atoms with van der Waals surface area (Å²) in [5.41, 5.74) is 3.41. The number of benzene rings is 1. The first-order chi connectivity index (χ1) is 12.9. The topological polar surface area (TPSA) is 136 Å². The van der Waals surface area contributed by atoms with Gasteiger partial charge in [-0.1, -0.05) is 12.1 Å². The zero-order valence-corrected chi connectivity index (χ0v) is 15.8. The smallest absolute Gasteiger partial charge is 0.430 e. The summed E-state index contributed by atoms with van der Waals surface area (Å²) in [5.74, 6) is -1.31. The van der Waals surface area contributed by atoms with Crippen LogP contribution in [0.25, 0.3) is 11.4 Å². The average Bonchev–Trinajstić information content (AvgIpc) is 3.06. The van der Waals surface area contributed by atoms with E-state index in [0.717, 1.165) is 6.26 Å². The molecule has 0 aliphatic carbocycles. The van der Waals surface area contributed by atoms with Gasteiger partial charge in [-0.3, -0.25) is 9.79 Å². The maximum absolute atomic E-state index is 12.7. The number of carboxylic acid groups (broad SMARTS) is 1. The van der Waals surface area contributed by atoms with Crippen molar-refractivity contribution in [1.82, 2.24) is 9.36 Å². The average molecular weight is 434 g/mol. The maximum atomic E-state index is 12.7. The van der Waals surface area contributed by atoms with Gasteiger partial charge in [0, 0.05) is 11.8 Å². The molecule has 0 bridgehead atoms. The van der Waals surface area contributed by atoms with Crippen LogP contribution in [0.4, 0.5) is 13.2 Å². The Balaban J connectivity index is 2.47. The van der Waals surface area contributed by atoms with Crippen LogP contribution in [0.5, 0.6) is 0 Å². The van der Waals surface area contributed by atoms with Crippen molar-refractivity contribution in [1.29, 1.82) is 0 Å². The molecule has 0 spiro atoms. The molecule has 1 heterocycles. The predicted molar refractivity (Wildman–Crippen MR) is 95.8 cm³/mol. The Morgan fingerprint density at radius 3 is 2.64 bits per heavy atom. The Morgan fingerprint density at radius 1 is 1.39 bits per heavy atom. The van der Waals surface area contributed by atoms with Crippen LogP contribution in [0, 0.1) is 0 Å². The zero-order chi connectivity index (χ0) is 21.1. The second kappa shape index (κ2) is 8.06. The van der Waals surface area contributed by atoms with Gasteiger partial charge in [0.05, 0.1) is 10.6 Å². The van der Waals surface area contributed by atoms with Gasteiger partial charge in [-0.15, -0.1) is 0 Å². The van der Waals surface area contributed by atoms with Crippen LogP contribution in [0.1, 0.15) is 5.01 Å². The molecule has 28 heavy (non-hydrogen) atoms. The van der Waals surface area contributed by atoms with Crippen molar-refractivity contribution in [3.05, 3.63) is 41.0 Å². The van der Waals surface area contributed by atoms with E-state index in [1.54, 1.807) is 0 Å². The third-order valence-electron chi connectivity index (χ3n) is 3.17. The SMILES string of the molecule is CS(=O)(=O)c1cccc(-c2nsc(C(C=C(N)C(F)(F)F)=NCC(=O)O)n2)c1. The van der Waals surface area contributed by atoms with Gasteiger partial charge in [-0.25, -0.2) is 13.4 Å². The molecule has 1 aromatic carbocycles. The van der Waals surface area contributed by atoms with Crippen LogP contribution >= 0.6 is 11.5 Å². The highest BCUT2D eigenvalue weighted by Gasteiger charge is 2.32. The highest BCUT2D eigenvalue weighted by atomic mass is 32.2. The Kier molecular flexibility index (Phi) is 6.19. The second-order valence-corrected chi connectivity index (χ2v) is 8.18. The first-order valence-electron chi connectivity index (χ1n) is 7.33. The number of nitrogens with two attached hydrogens (primary N) is 1. The molecule has 0 aliphatic heterocycles. The summed E-state index contributed by atoms with van der Waals surface area (Å²) in [6.07, 6.45) is -3.34. The monoisotopic (exact) mass is 434 g/mol. The number of hydrogen-bond acceptors (Lipinski definition) is 8. The Labute approximate surface area is 161 Å². The molecule has 2 rings (SSSR count). The molecule has 8 nitrogen and oxygen atoms in total. The van der Waals surface area contributed by atoms with E-state index in [4.69, 9.17) is 10.8 Å². The number of aromatic nitrogens is 2. The van der Waals surface area contributed by atoms with Crippen molar-refractivity contribution in [3.63, 3.8) is 0 Å². The molecule has 150 valence electrons. The summed E-state index contributed by atoms with van der Waals surface area (Å²) < 4.78 is 65.4. The fraction of sp³-hybridized carbons (Fsp3) is 0.200. The number of allylic oxidation sites excluding steroid dienone is 2. The number of aliphatic imine (C=N–C) groups is 1. The normalized spacial score (nSPS) is 13.6. The number of aliphatic carboxylic acids is 1. The van der Waals surface area contributed by atoms with E-state index < -0.39 is 39.9 Å². The van der Waals surface area contributed by atoms with E-state index >= 15 is 0 Å². The molecule has 1 aromatic heterocycles. The van der Waals surface area contributed by atoms with Crippen molar-refractivity contribution < 1.29 is 31.5 Å². The van der Waals surface area contributed by atoms with Crippen LogP contribution in [-0.4, -0.2) is 53.5 Å². The van der Waals surface area contributed by atoms with Gasteiger partial charge < -0.3 is 10.8 Å². The van der Waals surface area contributed by atoms with Gasteiger partial charge in [-0.2, -0.15) is 17.5 Å². The number of hydrogen-bond donors (Lipinski definition) is 2. The van der Waals surface area contributed by atoms with Gasteiger partial charge in [0.1, 0.15) is 12.2 Å². The minimum absolute atomic E-state index is 0.0160. The quantitative estimate of drug-likeness (QED) is 0.663. The Hall–Kier alpha value is -2.80. The fourth-order valence-electron chi connectivity index (χ4n) is 1.87. The van der Waals surface area contributed by atoms with E-state index in [-0.39, 0.29) is 15.7 Å². The lowest BCUT2D eigenvalue weighted by atomic mass is 10.2. The van der Waals surface area contributed by atoms with Crippen LogP contribution < -0.4 is 5.73 Å². The van der Waals surface area contributed by atoms with Crippen molar-refractivity contribution >= 4 is 33.1 Å². The van der Waals surface area contributed by atoms with Gasteiger partial charge >= 0.3 is 12.1 Å². The molecule has 0 saturated heterocycles. The van der Waals surface area contributed by atoms with Gasteiger partial charge in [0.15, 0.2) is 20.7 Å². The van der Waals surface area contributed by atoms with Crippen LogP contribution in [0.15, 0.2) is 45.9 Å². The van der Waals surface area contributed by atoms with Crippen molar-refractivity contribution in [3.8, 4) is 11.4 Å². The Morgan fingerprint density at radius 2 is 2.07 bits per heavy atom. The van der Waals surface area contributed by atoms with Crippen LogP contribution in [0.2, 0.25) is 0 Å². The van der Waals surface area contributed by atoms with Gasteiger partial charge in [0.2, 0.25) is 0 Å². The van der Waals surface area contributed by atoms with Crippen molar-refractivity contribution in [2.45, 2.75) is 11.1 Å². The molecule has 13 heteroatoms. The molecule has 0 saturated carbocycles. The number of carbonyl (C=O) groups is 1. The van der Waals surface area contributed by atoms with Crippen molar-refractivity contribution in [2.24, 2.45) is 10.7 Å². The molecule has 0 aliphatic rings. The maximum Gasteiger partial charge on any atom is 0.430 e. The Bertz CT molecular complexity index is 1060. The van der Waals surface area contributed by atoms with E-state index in [1.807, 2.05) is 0 Å². The largest absolute Gasteiger partial charge is 0.480 e. The highest BCUT2D eigenvalue weighted by Crippen LogP contribution is 2.24. The first kappa shape index (κ1) is 21.5. The fourth-order valence-corrected chi connectivity index (χ4v) is 3.20. The number of carboxylic acids is 1. The summed E-state index contributed by atoms with van der Waals surface area (Å²) in [7, 11) is -3.49. The third-order valence-corrected chi connectivity index (χ3v) is 5.02. The number of alkyl halides is 3. The minimum atomic E-state index is -4.83. The molecule has 0 radical (unpaired) electrons. The zero-order valence-electron chi connectivity index (χ0n) is 14.1. The van der Waals surface area contributed by atoms with E-state index in [1.165, 1.54) is 24.3 Å². The lowest BCUT2D eigenvalue weighted by Crippen LogP contribution is -2.21. The van der Waals surface area contributed by atoms with Gasteiger partial charge in [-0.05, 0) is 29.7 Å². The summed E-state index contributed by atoms with van der Waals surface area (Å²) in [6.45, 7) is -0.796. The van der Waals surface area contributed by atoms with E-state index in [2.05, 4.69) is 14.3 Å². The molecule has 0 atom stereocenters. The molecule has 2 aromatic rings. The standard InChI is InChI=1S/C15H13F3N4O4S2/c1-28(25,26)9-4-2-3-8(5-9)13-21-14(27-22-13)10(20-7-12(23)24)6-11(19)15(16,17)18/h2-6H,7,19H2,1H3,(H,23,24). The third kappa shape index (κ3) is 5.60. The van der Waals surface area contributed by atoms with Gasteiger partial charge in [0.25, 0.3) is 0 Å².